The van der Waals surface area contributed by atoms with Gasteiger partial charge in [0.1, 0.15) is 10.7 Å². The number of fused-ring (bicyclic) bond motifs is 1. The fourth-order valence-electron chi connectivity index (χ4n) is 2.07. The van der Waals surface area contributed by atoms with Gasteiger partial charge in [0.05, 0.1) is 5.01 Å². The third-order valence-corrected chi connectivity index (χ3v) is 4.05. The Morgan fingerprint density at radius 1 is 1.11 bits per heavy atom. The van der Waals surface area contributed by atoms with Gasteiger partial charge < -0.3 is 5.73 Å². The molecule has 0 spiro atoms. The molecule has 0 atom stereocenters. The van der Waals surface area contributed by atoms with Crippen LogP contribution >= 0.6 is 11.3 Å². The molecule has 2 aromatic carbocycles. The number of hydrogen-bond acceptors (Lipinski definition) is 3. The van der Waals surface area contributed by atoms with E-state index in [2.05, 4.69) is 42.2 Å². The Kier molecular flexibility index (Phi) is 2.76. The van der Waals surface area contributed by atoms with E-state index in [0.29, 0.717) is 0 Å². The molecule has 3 heteroatoms. The van der Waals surface area contributed by atoms with E-state index < -0.39 is 0 Å². The van der Waals surface area contributed by atoms with Gasteiger partial charge in [0.15, 0.2) is 0 Å². The summed E-state index contributed by atoms with van der Waals surface area (Å²) in [4.78, 5) is 4.60. The highest BCUT2D eigenvalue weighted by Gasteiger charge is 2.09. The number of nitrogens with zero attached hydrogens (tertiary/aromatic N) is 1. The third-order valence-electron chi connectivity index (χ3n) is 3.02. The van der Waals surface area contributed by atoms with Crippen molar-refractivity contribution in [2.24, 2.45) is 0 Å². The highest BCUT2D eigenvalue weighted by molar-refractivity contribution is 7.16. The summed E-state index contributed by atoms with van der Waals surface area (Å²) in [6.07, 6.45) is 0.933. The number of rotatable bonds is 2. The largest absolute Gasteiger partial charge is 0.389 e. The first kappa shape index (κ1) is 11.2. The second-order valence-electron chi connectivity index (χ2n) is 4.24. The highest BCUT2D eigenvalue weighted by Crippen LogP contribution is 2.32. The lowest BCUT2D eigenvalue weighted by Gasteiger charge is -2.02. The van der Waals surface area contributed by atoms with Crippen molar-refractivity contribution in [3.8, 4) is 11.3 Å². The molecule has 3 aromatic rings. The van der Waals surface area contributed by atoms with Crippen molar-refractivity contribution in [2.45, 2.75) is 13.3 Å². The summed E-state index contributed by atoms with van der Waals surface area (Å²) in [5.74, 6) is 0. The maximum absolute atomic E-state index is 6.05. The predicted octanol–water partition coefficient (Wildman–Crippen LogP) is 4.11. The molecule has 0 saturated carbocycles. The molecule has 2 N–H and O–H groups in total. The lowest BCUT2D eigenvalue weighted by Crippen LogP contribution is -1.86. The zero-order valence-electron chi connectivity index (χ0n) is 10.2. The first-order valence-corrected chi connectivity index (χ1v) is 6.84. The third kappa shape index (κ3) is 1.87. The normalized spacial score (nSPS) is 10.9. The molecule has 1 aromatic heterocycles. The maximum atomic E-state index is 6.05. The maximum Gasteiger partial charge on any atom is 0.114 e. The fraction of sp³-hybridized carbons (Fsp3) is 0.133. The Balaban J connectivity index is 2.15. The number of anilines is 1. The van der Waals surface area contributed by atoms with Crippen molar-refractivity contribution < 1.29 is 0 Å². The van der Waals surface area contributed by atoms with Crippen molar-refractivity contribution in [1.29, 1.82) is 0 Å². The van der Waals surface area contributed by atoms with Crippen LogP contribution in [0.4, 0.5) is 5.00 Å². The van der Waals surface area contributed by atoms with Crippen molar-refractivity contribution in [1.82, 2.24) is 4.98 Å². The molecular weight excluding hydrogens is 240 g/mol. The highest BCUT2D eigenvalue weighted by atomic mass is 32.1. The Labute approximate surface area is 110 Å². The average molecular weight is 254 g/mol. The van der Waals surface area contributed by atoms with E-state index in [1.54, 1.807) is 11.3 Å². The number of aryl methyl sites for hydroxylation is 1. The van der Waals surface area contributed by atoms with Gasteiger partial charge in [-0.3, -0.25) is 0 Å². The molecule has 3 rings (SSSR count). The van der Waals surface area contributed by atoms with Gasteiger partial charge in [-0.2, -0.15) is 0 Å². The number of aromatic nitrogens is 1. The molecule has 0 bridgehead atoms. The smallest absolute Gasteiger partial charge is 0.114 e. The van der Waals surface area contributed by atoms with Gasteiger partial charge in [-0.05, 0) is 23.3 Å². The summed E-state index contributed by atoms with van der Waals surface area (Å²) in [6.45, 7) is 2.10. The van der Waals surface area contributed by atoms with Crippen LogP contribution in [0.25, 0.3) is 22.0 Å². The standard InChI is InChI=1S/C15H14N2S/c1-2-13-17-14(15(16)18-13)12-8-7-10-5-3-4-6-11(10)9-12/h3-9H,2,16H2,1H3. The van der Waals surface area contributed by atoms with Crippen molar-refractivity contribution in [2.75, 3.05) is 5.73 Å². The molecule has 0 aliphatic heterocycles. The van der Waals surface area contributed by atoms with E-state index in [1.165, 1.54) is 10.8 Å². The van der Waals surface area contributed by atoms with Crippen LogP contribution < -0.4 is 5.73 Å². The zero-order valence-corrected chi connectivity index (χ0v) is 11.0. The first-order valence-electron chi connectivity index (χ1n) is 6.02. The second kappa shape index (κ2) is 4.42. The molecule has 1 heterocycles. The summed E-state index contributed by atoms with van der Waals surface area (Å²) in [7, 11) is 0. The second-order valence-corrected chi connectivity index (χ2v) is 5.35. The quantitative estimate of drug-likeness (QED) is 0.747. The number of benzene rings is 2. The predicted molar refractivity (Wildman–Crippen MR) is 78.8 cm³/mol. The average Bonchev–Trinajstić information content (AvgIpc) is 2.79. The van der Waals surface area contributed by atoms with E-state index in [0.717, 1.165) is 27.7 Å². The van der Waals surface area contributed by atoms with Crippen molar-refractivity contribution >= 4 is 27.1 Å². The van der Waals surface area contributed by atoms with Gasteiger partial charge in [-0.1, -0.05) is 43.3 Å². The van der Waals surface area contributed by atoms with Crippen LogP contribution in [0.5, 0.6) is 0 Å². The Bertz CT molecular complexity index is 701. The minimum Gasteiger partial charge on any atom is -0.389 e. The zero-order chi connectivity index (χ0) is 12.5. The Hall–Kier alpha value is -1.87. The molecule has 0 aliphatic rings. The van der Waals surface area contributed by atoms with Gasteiger partial charge in [0.2, 0.25) is 0 Å². The van der Waals surface area contributed by atoms with E-state index in [-0.39, 0.29) is 0 Å². The topological polar surface area (TPSA) is 38.9 Å². The van der Waals surface area contributed by atoms with Gasteiger partial charge in [0.25, 0.3) is 0 Å². The van der Waals surface area contributed by atoms with E-state index in [9.17, 15) is 0 Å². The van der Waals surface area contributed by atoms with Crippen LogP contribution in [0.3, 0.4) is 0 Å². The molecule has 0 radical (unpaired) electrons. The van der Waals surface area contributed by atoms with Gasteiger partial charge >= 0.3 is 0 Å². The minimum atomic E-state index is 0.808. The minimum absolute atomic E-state index is 0.808. The Morgan fingerprint density at radius 2 is 1.89 bits per heavy atom. The fourth-order valence-corrected chi connectivity index (χ4v) is 2.87. The van der Waals surface area contributed by atoms with E-state index in [1.807, 2.05) is 12.1 Å². The summed E-state index contributed by atoms with van der Waals surface area (Å²) in [6, 6.07) is 14.7. The number of thiazole rings is 1. The lowest BCUT2D eigenvalue weighted by atomic mass is 10.1. The summed E-state index contributed by atoms with van der Waals surface area (Å²) < 4.78 is 0. The van der Waals surface area contributed by atoms with Crippen LogP contribution in [0.1, 0.15) is 11.9 Å². The molecule has 0 amide bonds. The lowest BCUT2D eigenvalue weighted by molar-refractivity contribution is 1.10. The number of hydrogen-bond donors (Lipinski definition) is 1. The van der Waals surface area contributed by atoms with Crippen LogP contribution in [0.15, 0.2) is 42.5 Å². The molecule has 0 fully saturated rings. The Morgan fingerprint density at radius 3 is 2.61 bits per heavy atom. The molecule has 0 saturated heterocycles. The monoisotopic (exact) mass is 254 g/mol. The van der Waals surface area contributed by atoms with Crippen LogP contribution in [0.2, 0.25) is 0 Å². The van der Waals surface area contributed by atoms with Crippen LogP contribution in [-0.4, -0.2) is 4.98 Å². The summed E-state index contributed by atoms with van der Waals surface area (Å²) >= 11 is 1.58. The van der Waals surface area contributed by atoms with Crippen molar-refractivity contribution in [3.63, 3.8) is 0 Å². The van der Waals surface area contributed by atoms with E-state index >= 15 is 0 Å². The van der Waals surface area contributed by atoms with Gasteiger partial charge in [-0.15, -0.1) is 11.3 Å². The van der Waals surface area contributed by atoms with Crippen molar-refractivity contribution in [3.05, 3.63) is 47.5 Å². The molecule has 18 heavy (non-hydrogen) atoms. The number of nitrogens with two attached hydrogens (primary N) is 1. The van der Waals surface area contributed by atoms with Crippen LogP contribution in [0, 0.1) is 0 Å². The molecular formula is C15H14N2S. The summed E-state index contributed by atoms with van der Waals surface area (Å²) in [5, 5.41) is 4.36. The summed E-state index contributed by atoms with van der Waals surface area (Å²) in [5.41, 5.74) is 8.07. The van der Waals surface area contributed by atoms with Crippen LogP contribution in [-0.2, 0) is 6.42 Å². The van der Waals surface area contributed by atoms with Gasteiger partial charge in [0, 0.05) is 5.56 Å². The number of nitrogen functional groups attached to an aromatic ring is 1. The molecule has 0 unspecified atom stereocenters. The van der Waals surface area contributed by atoms with E-state index in [4.69, 9.17) is 5.73 Å². The first-order chi connectivity index (χ1) is 8.78. The molecule has 2 nitrogen and oxygen atoms in total. The molecule has 90 valence electrons. The van der Waals surface area contributed by atoms with Gasteiger partial charge in [-0.25, -0.2) is 4.98 Å². The molecule has 0 aliphatic carbocycles. The SMILES string of the molecule is CCc1nc(-c2ccc3ccccc3c2)c(N)s1.